The van der Waals surface area contributed by atoms with Gasteiger partial charge in [-0.2, -0.15) is 0 Å². The monoisotopic (exact) mass is 323 g/mol. The van der Waals surface area contributed by atoms with E-state index in [0.29, 0.717) is 21.7 Å². The van der Waals surface area contributed by atoms with Crippen LogP contribution in [-0.4, -0.2) is 26.0 Å². The quantitative estimate of drug-likeness (QED) is 0.893. The van der Waals surface area contributed by atoms with Crippen molar-refractivity contribution < 1.29 is 9.90 Å². The molecule has 0 saturated heterocycles. The molecule has 98 valence electrons. The minimum absolute atomic E-state index is 0.156. The average Bonchev–Trinajstić information content (AvgIpc) is 2.34. The van der Waals surface area contributed by atoms with Gasteiger partial charge in [0.15, 0.2) is 5.82 Å². The second-order valence-electron chi connectivity index (χ2n) is 3.88. The summed E-state index contributed by atoms with van der Waals surface area (Å²) in [5.74, 6) is -0.758. The minimum atomic E-state index is -1.07. The molecular formula is C12H10BrN3O3. The van der Waals surface area contributed by atoms with Crippen molar-refractivity contribution in [2.45, 2.75) is 13.3 Å². The molecule has 0 fully saturated rings. The second-order valence-corrected chi connectivity index (χ2v) is 4.74. The van der Waals surface area contributed by atoms with Crippen LogP contribution in [-0.2, 0) is 11.2 Å². The summed E-state index contributed by atoms with van der Waals surface area (Å²) in [5.41, 5.74) is 0.592. The maximum atomic E-state index is 11.9. The van der Waals surface area contributed by atoms with Crippen LogP contribution in [0.3, 0.4) is 0 Å². The Hall–Kier alpha value is -2.02. The maximum Gasteiger partial charge on any atom is 0.308 e. The molecule has 2 aromatic heterocycles. The molecular weight excluding hydrogens is 314 g/mol. The molecule has 0 amide bonds. The fourth-order valence-corrected chi connectivity index (χ4v) is 2.08. The highest BCUT2D eigenvalue weighted by atomic mass is 79.9. The van der Waals surface area contributed by atoms with E-state index in [4.69, 9.17) is 5.11 Å². The number of carbonyl (C=O) groups is 1. The molecule has 0 aromatic carbocycles. The number of halogens is 1. The number of hydrogen-bond donors (Lipinski definition) is 2. The predicted molar refractivity (Wildman–Crippen MR) is 71.9 cm³/mol. The summed E-state index contributed by atoms with van der Waals surface area (Å²) in [6, 6.07) is 3.53. The largest absolute Gasteiger partial charge is 0.481 e. The number of aliphatic carboxylic acids is 1. The Kier molecular flexibility index (Phi) is 3.75. The molecule has 2 heterocycles. The summed E-state index contributed by atoms with van der Waals surface area (Å²) in [7, 11) is 0. The van der Waals surface area contributed by atoms with Crippen LogP contribution in [0.1, 0.15) is 11.3 Å². The number of rotatable bonds is 3. The van der Waals surface area contributed by atoms with E-state index in [2.05, 4.69) is 30.9 Å². The van der Waals surface area contributed by atoms with E-state index in [0.717, 1.165) is 0 Å². The van der Waals surface area contributed by atoms with Crippen molar-refractivity contribution in [2.75, 3.05) is 0 Å². The van der Waals surface area contributed by atoms with Crippen molar-refractivity contribution in [3.8, 4) is 11.5 Å². The van der Waals surface area contributed by atoms with Crippen molar-refractivity contribution in [1.29, 1.82) is 0 Å². The highest BCUT2D eigenvalue weighted by Gasteiger charge is 2.14. The van der Waals surface area contributed by atoms with Gasteiger partial charge >= 0.3 is 5.97 Å². The molecule has 0 aliphatic carbocycles. The standard InChI is InChI=1S/C12H10BrN3O3/c1-6-7(5-9(17)18)12(19)16-11(15-6)10-8(13)3-2-4-14-10/h2-4H,5H2,1H3,(H,17,18)(H,15,16,19). The van der Waals surface area contributed by atoms with Crippen LogP contribution in [0.5, 0.6) is 0 Å². The third kappa shape index (κ3) is 2.87. The van der Waals surface area contributed by atoms with Crippen LogP contribution >= 0.6 is 15.9 Å². The van der Waals surface area contributed by atoms with Gasteiger partial charge in [0.1, 0.15) is 5.69 Å². The first-order chi connectivity index (χ1) is 8.99. The van der Waals surface area contributed by atoms with Gasteiger partial charge < -0.3 is 10.1 Å². The number of pyridine rings is 1. The first-order valence-corrected chi connectivity index (χ1v) is 6.21. The van der Waals surface area contributed by atoms with Crippen LogP contribution < -0.4 is 5.56 Å². The fraction of sp³-hybridized carbons (Fsp3) is 0.167. The Labute approximate surface area is 116 Å². The summed E-state index contributed by atoms with van der Waals surface area (Å²) in [6.07, 6.45) is 1.23. The molecule has 6 nitrogen and oxygen atoms in total. The summed E-state index contributed by atoms with van der Waals surface area (Å²) in [5, 5.41) is 8.75. The van der Waals surface area contributed by atoms with E-state index in [-0.39, 0.29) is 12.0 Å². The van der Waals surface area contributed by atoms with E-state index >= 15 is 0 Å². The van der Waals surface area contributed by atoms with E-state index in [1.54, 1.807) is 25.3 Å². The van der Waals surface area contributed by atoms with Gasteiger partial charge in [-0.1, -0.05) is 0 Å². The van der Waals surface area contributed by atoms with Crippen LogP contribution in [0.4, 0.5) is 0 Å². The molecule has 2 rings (SSSR count). The second kappa shape index (κ2) is 5.31. The number of aromatic nitrogens is 3. The van der Waals surface area contributed by atoms with Gasteiger partial charge in [0.05, 0.1) is 6.42 Å². The first-order valence-electron chi connectivity index (χ1n) is 5.41. The molecule has 0 aliphatic rings. The number of nitrogens with zero attached hydrogens (tertiary/aromatic N) is 2. The van der Waals surface area contributed by atoms with Gasteiger partial charge in [-0.05, 0) is 35.0 Å². The maximum absolute atomic E-state index is 11.9. The fourth-order valence-electron chi connectivity index (χ4n) is 1.64. The summed E-state index contributed by atoms with van der Waals surface area (Å²) in [4.78, 5) is 33.4. The Balaban J connectivity index is 2.55. The van der Waals surface area contributed by atoms with Crippen LogP contribution in [0, 0.1) is 6.92 Å². The van der Waals surface area contributed by atoms with E-state index in [1.807, 2.05) is 0 Å². The smallest absolute Gasteiger partial charge is 0.308 e. The van der Waals surface area contributed by atoms with E-state index in [1.165, 1.54) is 0 Å². The molecule has 0 atom stereocenters. The van der Waals surface area contributed by atoms with Crippen molar-refractivity contribution in [3.63, 3.8) is 0 Å². The van der Waals surface area contributed by atoms with Gasteiger partial charge in [-0.25, -0.2) is 4.98 Å². The molecule has 7 heteroatoms. The molecule has 0 spiro atoms. The minimum Gasteiger partial charge on any atom is -0.481 e. The van der Waals surface area contributed by atoms with Crippen LogP contribution in [0.2, 0.25) is 0 Å². The zero-order chi connectivity index (χ0) is 14.0. The van der Waals surface area contributed by atoms with Gasteiger partial charge in [0, 0.05) is 21.9 Å². The molecule has 0 saturated carbocycles. The highest BCUT2D eigenvalue weighted by molar-refractivity contribution is 9.10. The normalized spacial score (nSPS) is 10.4. The molecule has 0 radical (unpaired) electrons. The average molecular weight is 324 g/mol. The van der Waals surface area contributed by atoms with E-state index < -0.39 is 11.5 Å². The Morgan fingerprint density at radius 3 is 2.84 bits per heavy atom. The molecule has 0 unspecified atom stereocenters. The van der Waals surface area contributed by atoms with Crippen molar-refractivity contribution in [2.24, 2.45) is 0 Å². The zero-order valence-corrected chi connectivity index (χ0v) is 11.6. The number of aromatic amines is 1. The van der Waals surface area contributed by atoms with Crippen LogP contribution in [0.15, 0.2) is 27.6 Å². The number of carboxylic acids is 1. The lowest BCUT2D eigenvalue weighted by Gasteiger charge is -2.06. The Morgan fingerprint density at radius 2 is 2.26 bits per heavy atom. The molecule has 19 heavy (non-hydrogen) atoms. The number of H-pyrrole nitrogens is 1. The third-order valence-corrected chi connectivity index (χ3v) is 3.17. The summed E-state index contributed by atoms with van der Waals surface area (Å²) < 4.78 is 0.698. The van der Waals surface area contributed by atoms with Crippen molar-refractivity contribution in [1.82, 2.24) is 15.0 Å². The lowest BCUT2D eigenvalue weighted by atomic mass is 10.1. The number of aryl methyl sites for hydroxylation is 1. The number of hydrogen-bond acceptors (Lipinski definition) is 4. The van der Waals surface area contributed by atoms with E-state index in [9.17, 15) is 9.59 Å². The number of nitrogens with one attached hydrogen (secondary N) is 1. The molecule has 0 bridgehead atoms. The van der Waals surface area contributed by atoms with Crippen molar-refractivity contribution in [3.05, 3.63) is 44.4 Å². The topological polar surface area (TPSA) is 95.9 Å². The molecule has 0 aliphatic heterocycles. The van der Waals surface area contributed by atoms with Gasteiger partial charge in [-0.15, -0.1) is 0 Å². The lowest BCUT2D eigenvalue weighted by Crippen LogP contribution is -2.20. The summed E-state index contributed by atoms with van der Waals surface area (Å²) >= 11 is 3.32. The van der Waals surface area contributed by atoms with Gasteiger partial charge in [0.2, 0.25) is 0 Å². The summed E-state index contributed by atoms with van der Waals surface area (Å²) in [6.45, 7) is 1.61. The Morgan fingerprint density at radius 1 is 1.53 bits per heavy atom. The predicted octanol–water partition coefficient (Wildman–Crippen LogP) is 1.53. The van der Waals surface area contributed by atoms with Crippen LogP contribution in [0.25, 0.3) is 11.5 Å². The number of carboxylic acid groups (broad SMARTS) is 1. The zero-order valence-electron chi connectivity index (χ0n) is 9.98. The highest BCUT2D eigenvalue weighted by Crippen LogP contribution is 2.22. The van der Waals surface area contributed by atoms with Gasteiger partial charge in [0.25, 0.3) is 5.56 Å². The molecule has 2 N–H and O–H groups in total. The SMILES string of the molecule is Cc1nc(-c2ncccc2Br)[nH]c(=O)c1CC(=O)O. The molecule has 2 aromatic rings. The first kappa shape index (κ1) is 13.4. The third-order valence-electron chi connectivity index (χ3n) is 2.53. The van der Waals surface area contributed by atoms with Gasteiger partial charge in [-0.3, -0.25) is 14.6 Å². The Bertz CT molecular complexity index is 697. The van der Waals surface area contributed by atoms with Crippen molar-refractivity contribution >= 4 is 21.9 Å². The lowest BCUT2D eigenvalue weighted by molar-refractivity contribution is -0.136.